The molecule has 0 spiro atoms. The van der Waals surface area contributed by atoms with Gasteiger partial charge in [-0.2, -0.15) is 0 Å². The van der Waals surface area contributed by atoms with E-state index in [2.05, 4.69) is 31.1 Å². The summed E-state index contributed by atoms with van der Waals surface area (Å²) >= 11 is 0. The molecule has 2 rings (SSSR count). The summed E-state index contributed by atoms with van der Waals surface area (Å²) in [5, 5.41) is 3.52. The van der Waals surface area contributed by atoms with Gasteiger partial charge in [0.1, 0.15) is 0 Å². The van der Waals surface area contributed by atoms with Crippen LogP contribution in [-0.4, -0.2) is 37.6 Å². The van der Waals surface area contributed by atoms with Crippen LogP contribution in [-0.2, 0) is 0 Å². The molecule has 1 N–H and O–H groups in total. The van der Waals surface area contributed by atoms with Crippen LogP contribution in [0.15, 0.2) is 0 Å². The van der Waals surface area contributed by atoms with Crippen molar-refractivity contribution in [3.8, 4) is 0 Å². The van der Waals surface area contributed by atoms with Gasteiger partial charge in [-0.25, -0.2) is 0 Å². The van der Waals surface area contributed by atoms with E-state index in [0.29, 0.717) is 6.04 Å². The highest BCUT2D eigenvalue weighted by Crippen LogP contribution is 2.34. The number of hydrogen-bond donors (Lipinski definition) is 1. The van der Waals surface area contributed by atoms with Gasteiger partial charge in [-0.05, 0) is 44.1 Å². The maximum atomic E-state index is 3.52. The molecule has 0 amide bonds. The highest BCUT2D eigenvalue weighted by atomic mass is 15.2. The number of likely N-dealkylation sites (N-methyl/N-ethyl adjacent to an activating group) is 1. The van der Waals surface area contributed by atoms with E-state index >= 15 is 0 Å². The Kier molecular flexibility index (Phi) is 4.87. The van der Waals surface area contributed by atoms with Crippen LogP contribution in [0.2, 0.25) is 0 Å². The number of likely N-dealkylation sites (tertiary alicyclic amines) is 1. The molecular formula is C15H30N2. The minimum Gasteiger partial charge on any atom is -0.315 e. The van der Waals surface area contributed by atoms with E-state index in [9.17, 15) is 0 Å². The van der Waals surface area contributed by atoms with Crippen LogP contribution in [0.3, 0.4) is 0 Å². The van der Waals surface area contributed by atoms with E-state index in [-0.39, 0.29) is 0 Å². The van der Waals surface area contributed by atoms with Crippen molar-refractivity contribution in [1.82, 2.24) is 10.2 Å². The molecule has 17 heavy (non-hydrogen) atoms. The largest absolute Gasteiger partial charge is 0.315 e. The van der Waals surface area contributed by atoms with Crippen LogP contribution in [0.1, 0.15) is 46.0 Å². The Bertz CT molecular complexity index is 217. The third-order valence-corrected chi connectivity index (χ3v) is 5.08. The number of rotatable bonds is 5. The Labute approximate surface area is 107 Å². The third kappa shape index (κ3) is 3.45. The van der Waals surface area contributed by atoms with Gasteiger partial charge in [0.15, 0.2) is 0 Å². The number of nitrogens with zero attached hydrogens (tertiary/aromatic N) is 1. The normalized spacial score (nSPS) is 33.4. The van der Waals surface area contributed by atoms with Gasteiger partial charge in [-0.3, -0.25) is 0 Å². The van der Waals surface area contributed by atoms with Crippen LogP contribution in [0.4, 0.5) is 0 Å². The van der Waals surface area contributed by atoms with Crippen molar-refractivity contribution in [2.75, 3.05) is 26.7 Å². The minimum atomic E-state index is 0.679. The topological polar surface area (TPSA) is 15.3 Å². The SMILES string of the molecule is CCC(C)C(CN1CC2CCCC(C2)C1)NC. The van der Waals surface area contributed by atoms with Gasteiger partial charge in [0.2, 0.25) is 0 Å². The summed E-state index contributed by atoms with van der Waals surface area (Å²) in [5.74, 6) is 2.82. The molecule has 1 aliphatic heterocycles. The molecular weight excluding hydrogens is 208 g/mol. The molecule has 1 saturated carbocycles. The van der Waals surface area contributed by atoms with E-state index in [1.54, 1.807) is 0 Å². The second kappa shape index (κ2) is 6.19. The van der Waals surface area contributed by atoms with Gasteiger partial charge in [0, 0.05) is 25.7 Å². The van der Waals surface area contributed by atoms with Gasteiger partial charge in [0.25, 0.3) is 0 Å². The molecule has 2 fully saturated rings. The zero-order valence-corrected chi connectivity index (χ0v) is 11.9. The zero-order chi connectivity index (χ0) is 12.3. The summed E-state index contributed by atoms with van der Waals surface area (Å²) in [6.07, 6.45) is 7.27. The van der Waals surface area contributed by atoms with Gasteiger partial charge >= 0.3 is 0 Å². The highest BCUT2D eigenvalue weighted by molar-refractivity contribution is 4.86. The maximum Gasteiger partial charge on any atom is 0.0217 e. The first-order valence-electron chi connectivity index (χ1n) is 7.62. The molecule has 1 aliphatic carbocycles. The number of nitrogens with one attached hydrogen (secondary N) is 1. The van der Waals surface area contributed by atoms with Crippen LogP contribution in [0, 0.1) is 17.8 Å². The molecule has 4 unspecified atom stereocenters. The molecule has 2 aliphatic rings. The molecule has 0 aromatic rings. The Morgan fingerprint density at radius 3 is 2.41 bits per heavy atom. The van der Waals surface area contributed by atoms with Crippen molar-refractivity contribution in [2.45, 2.75) is 52.0 Å². The fourth-order valence-corrected chi connectivity index (χ4v) is 3.81. The summed E-state index contributed by atoms with van der Waals surface area (Å²) in [6, 6.07) is 0.679. The predicted molar refractivity (Wildman–Crippen MR) is 74.2 cm³/mol. The Hall–Kier alpha value is -0.0800. The Balaban J connectivity index is 1.85. The van der Waals surface area contributed by atoms with E-state index < -0.39 is 0 Å². The Morgan fingerprint density at radius 1 is 1.24 bits per heavy atom. The maximum absolute atomic E-state index is 3.52. The summed E-state index contributed by atoms with van der Waals surface area (Å²) < 4.78 is 0. The van der Waals surface area contributed by atoms with E-state index in [1.807, 2.05) is 0 Å². The first-order chi connectivity index (χ1) is 8.22. The molecule has 0 aromatic carbocycles. The van der Waals surface area contributed by atoms with E-state index in [4.69, 9.17) is 0 Å². The lowest BCUT2D eigenvalue weighted by Gasteiger charge is -2.43. The van der Waals surface area contributed by atoms with Crippen molar-refractivity contribution in [1.29, 1.82) is 0 Å². The fourth-order valence-electron chi connectivity index (χ4n) is 3.81. The molecule has 100 valence electrons. The van der Waals surface area contributed by atoms with Crippen molar-refractivity contribution in [2.24, 2.45) is 17.8 Å². The molecule has 0 aromatic heterocycles. The molecule has 0 radical (unpaired) electrons. The van der Waals surface area contributed by atoms with Crippen molar-refractivity contribution < 1.29 is 0 Å². The molecule has 4 atom stereocenters. The lowest BCUT2D eigenvalue weighted by atomic mass is 9.77. The van der Waals surface area contributed by atoms with E-state index in [1.165, 1.54) is 51.7 Å². The van der Waals surface area contributed by atoms with Crippen LogP contribution < -0.4 is 5.32 Å². The molecule has 2 bridgehead atoms. The monoisotopic (exact) mass is 238 g/mol. The molecule has 2 heteroatoms. The minimum absolute atomic E-state index is 0.679. The molecule has 1 saturated heterocycles. The first kappa shape index (κ1) is 13.4. The number of fused-ring (bicyclic) bond motifs is 2. The quantitative estimate of drug-likeness (QED) is 0.792. The van der Waals surface area contributed by atoms with Crippen LogP contribution in [0.5, 0.6) is 0 Å². The number of hydrogen-bond acceptors (Lipinski definition) is 2. The molecule has 1 heterocycles. The Morgan fingerprint density at radius 2 is 1.88 bits per heavy atom. The standard InChI is InChI=1S/C15H30N2/c1-4-12(2)15(16-3)11-17-9-13-6-5-7-14(8-13)10-17/h12-16H,4-11H2,1-3H3. The number of piperidine rings is 1. The fraction of sp³-hybridized carbons (Fsp3) is 1.00. The van der Waals surface area contributed by atoms with Gasteiger partial charge in [0.05, 0.1) is 0 Å². The summed E-state index contributed by atoms with van der Waals surface area (Å²) in [4.78, 5) is 2.74. The lowest BCUT2D eigenvalue weighted by Crippen LogP contribution is -2.49. The third-order valence-electron chi connectivity index (χ3n) is 5.08. The van der Waals surface area contributed by atoms with Gasteiger partial charge < -0.3 is 10.2 Å². The van der Waals surface area contributed by atoms with E-state index in [0.717, 1.165) is 17.8 Å². The average Bonchev–Trinajstić information content (AvgIpc) is 2.34. The first-order valence-corrected chi connectivity index (χ1v) is 7.62. The van der Waals surface area contributed by atoms with Crippen LogP contribution >= 0.6 is 0 Å². The van der Waals surface area contributed by atoms with Crippen LogP contribution in [0.25, 0.3) is 0 Å². The van der Waals surface area contributed by atoms with Gasteiger partial charge in [-0.1, -0.05) is 26.7 Å². The summed E-state index contributed by atoms with van der Waals surface area (Å²) in [6.45, 7) is 8.68. The smallest absolute Gasteiger partial charge is 0.0217 e. The van der Waals surface area contributed by atoms with Crippen molar-refractivity contribution in [3.05, 3.63) is 0 Å². The second-order valence-electron chi connectivity index (χ2n) is 6.40. The zero-order valence-electron chi connectivity index (χ0n) is 11.9. The van der Waals surface area contributed by atoms with Crippen molar-refractivity contribution >= 4 is 0 Å². The lowest BCUT2D eigenvalue weighted by molar-refractivity contribution is 0.0733. The summed E-state index contributed by atoms with van der Waals surface area (Å²) in [7, 11) is 2.13. The second-order valence-corrected chi connectivity index (χ2v) is 6.40. The molecule has 2 nitrogen and oxygen atoms in total. The summed E-state index contributed by atoms with van der Waals surface area (Å²) in [5.41, 5.74) is 0. The average molecular weight is 238 g/mol. The predicted octanol–water partition coefficient (Wildman–Crippen LogP) is 2.74. The van der Waals surface area contributed by atoms with Gasteiger partial charge in [-0.15, -0.1) is 0 Å². The highest BCUT2D eigenvalue weighted by Gasteiger charge is 2.31. The van der Waals surface area contributed by atoms with Crippen molar-refractivity contribution in [3.63, 3.8) is 0 Å².